The Morgan fingerprint density at radius 2 is 2.05 bits per heavy atom. The molecular weight excluding hydrogens is 240 g/mol. The van der Waals surface area contributed by atoms with Crippen LogP contribution in [-0.2, 0) is 4.74 Å². The fourth-order valence-electron chi connectivity index (χ4n) is 2.03. The molecule has 1 aromatic carbocycles. The van der Waals surface area contributed by atoms with Crippen molar-refractivity contribution < 1.29 is 9.47 Å². The number of hydrogen-bond donors (Lipinski definition) is 1. The molecule has 1 atom stereocenters. The summed E-state index contributed by atoms with van der Waals surface area (Å²) in [6, 6.07) is 8.60. The van der Waals surface area contributed by atoms with Crippen LogP contribution in [0, 0.1) is 0 Å². The van der Waals surface area contributed by atoms with Crippen molar-refractivity contribution in [3.63, 3.8) is 0 Å². The van der Waals surface area contributed by atoms with E-state index in [0.29, 0.717) is 6.04 Å². The summed E-state index contributed by atoms with van der Waals surface area (Å²) in [6.45, 7) is 2.70. The van der Waals surface area contributed by atoms with E-state index in [-0.39, 0.29) is 0 Å². The fourth-order valence-corrected chi connectivity index (χ4v) is 2.03. The lowest BCUT2D eigenvalue weighted by Crippen LogP contribution is -2.31. The minimum absolute atomic E-state index is 0.345. The number of methoxy groups -OCH3 is 2. The van der Waals surface area contributed by atoms with Gasteiger partial charge in [0.15, 0.2) is 0 Å². The standard InChI is InChI=1S/C15H26N2O2/c1-17(2)15(12-16-9-6-10-18-3)13-7-5-8-14(11-13)19-4/h5,7-8,11,15-16H,6,9-10,12H2,1-4H3. The summed E-state index contributed by atoms with van der Waals surface area (Å²) in [5.41, 5.74) is 1.27. The third-order valence-electron chi connectivity index (χ3n) is 3.14. The van der Waals surface area contributed by atoms with E-state index in [0.717, 1.165) is 31.9 Å². The molecule has 0 fully saturated rings. The third kappa shape index (κ3) is 5.59. The molecule has 0 bridgehead atoms. The van der Waals surface area contributed by atoms with Gasteiger partial charge in [-0.05, 0) is 44.8 Å². The quantitative estimate of drug-likeness (QED) is 0.692. The summed E-state index contributed by atoms with van der Waals surface area (Å²) < 4.78 is 10.3. The number of rotatable bonds is 9. The SMILES string of the molecule is COCCCNCC(c1cccc(OC)c1)N(C)C. The summed E-state index contributed by atoms with van der Waals surface area (Å²) in [4.78, 5) is 2.22. The van der Waals surface area contributed by atoms with Gasteiger partial charge in [-0.2, -0.15) is 0 Å². The van der Waals surface area contributed by atoms with Crippen molar-refractivity contribution in [1.82, 2.24) is 10.2 Å². The lowest BCUT2D eigenvalue weighted by molar-refractivity contribution is 0.192. The first kappa shape index (κ1) is 16.0. The van der Waals surface area contributed by atoms with Crippen LogP contribution >= 0.6 is 0 Å². The second-order valence-corrected chi connectivity index (χ2v) is 4.81. The maximum absolute atomic E-state index is 5.29. The molecule has 0 saturated carbocycles. The molecule has 1 rings (SSSR count). The number of nitrogens with one attached hydrogen (secondary N) is 1. The molecule has 0 saturated heterocycles. The predicted octanol–water partition coefficient (Wildman–Crippen LogP) is 1.92. The van der Waals surface area contributed by atoms with Crippen LogP contribution in [0.2, 0.25) is 0 Å². The number of likely N-dealkylation sites (N-methyl/N-ethyl adjacent to an activating group) is 1. The van der Waals surface area contributed by atoms with E-state index in [4.69, 9.17) is 9.47 Å². The summed E-state index contributed by atoms with van der Waals surface area (Å²) in [6.07, 6.45) is 1.04. The van der Waals surface area contributed by atoms with E-state index in [1.54, 1.807) is 14.2 Å². The molecule has 0 aliphatic rings. The van der Waals surface area contributed by atoms with Crippen molar-refractivity contribution in [2.75, 3.05) is 48.0 Å². The Hall–Kier alpha value is -1.10. The van der Waals surface area contributed by atoms with Crippen LogP contribution in [0.15, 0.2) is 24.3 Å². The minimum atomic E-state index is 0.345. The normalized spacial score (nSPS) is 12.7. The van der Waals surface area contributed by atoms with Gasteiger partial charge in [0.1, 0.15) is 5.75 Å². The van der Waals surface area contributed by atoms with Gasteiger partial charge in [-0.15, -0.1) is 0 Å². The highest BCUT2D eigenvalue weighted by molar-refractivity contribution is 5.30. The summed E-state index contributed by atoms with van der Waals surface area (Å²) in [5.74, 6) is 0.906. The van der Waals surface area contributed by atoms with E-state index < -0.39 is 0 Å². The van der Waals surface area contributed by atoms with Crippen LogP contribution in [-0.4, -0.2) is 52.9 Å². The van der Waals surface area contributed by atoms with E-state index in [9.17, 15) is 0 Å². The largest absolute Gasteiger partial charge is 0.497 e. The highest BCUT2D eigenvalue weighted by Gasteiger charge is 2.14. The molecule has 0 spiro atoms. The van der Waals surface area contributed by atoms with Gasteiger partial charge in [-0.25, -0.2) is 0 Å². The first-order valence-corrected chi connectivity index (χ1v) is 6.69. The van der Waals surface area contributed by atoms with Gasteiger partial charge < -0.3 is 19.7 Å². The molecule has 4 heteroatoms. The van der Waals surface area contributed by atoms with Gasteiger partial charge in [0.25, 0.3) is 0 Å². The van der Waals surface area contributed by atoms with Crippen molar-refractivity contribution in [2.45, 2.75) is 12.5 Å². The Morgan fingerprint density at radius 1 is 1.26 bits per heavy atom. The molecule has 0 aliphatic heterocycles. The summed E-state index contributed by atoms with van der Waals surface area (Å²) >= 11 is 0. The molecule has 108 valence electrons. The number of ether oxygens (including phenoxy) is 2. The van der Waals surface area contributed by atoms with E-state index in [1.807, 2.05) is 12.1 Å². The first-order valence-electron chi connectivity index (χ1n) is 6.69. The van der Waals surface area contributed by atoms with E-state index in [1.165, 1.54) is 5.56 Å². The van der Waals surface area contributed by atoms with Crippen molar-refractivity contribution in [3.05, 3.63) is 29.8 Å². The van der Waals surface area contributed by atoms with Crippen LogP contribution in [0.3, 0.4) is 0 Å². The molecule has 0 heterocycles. The van der Waals surface area contributed by atoms with Gasteiger partial charge in [0, 0.05) is 26.3 Å². The third-order valence-corrected chi connectivity index (χ3v) is 3.14. The van der Waals surface area contributed by atoms with Crippen LogP contribution in [0.25, 0.3) is 0 Å². The second-order valence-electron chi connectivity index (χ2n) is 4.81. The molecule has 1 aromatic rings. The maximum Gasteiger partial charge on any atom is 0.119 e. The molecule has 0 aliphatic carbocycles. The molecule has 1 unspecified atom stereocenters. The molecular formula is C15H26N2O2. The Labute approximate surface area is 116 Å². The zero-order valence-electron chi connectivity index (χ0n) is 12.5. The first-order chi connectivity index (χ1) is 9.19. The van der Waals surface area contributed by atoms with Gasteiger partial charge >= 0.3 is 0 Å². The monoisotopic (exact) mass is 266 g/mol. The average molecular weight is 266 g/mol. The molecule has 1 N–H and O–H groups in total. The highest BCUT2D eigenvalue weighted by Crippen LogP contribution is 2.21. The Kier molecular flexibility index (Phi) is 7.48. The van der Waals surface area contributed by atoms with Crippen LogP contribution < -0.4 is 10.1 Å². The van der Waals surface area contributed by atoms with Gasteiger partial charge in [-0.1, -0.05) is 12.1 Å². The summed E-state index contributed by atoms with van der Waals surface area (Å²) in [7, 11) is 7.63. The van der Waals surface area contributed by atoms with Gasteiger partial charge in [-0.3, -0.25) is 0 Å². The van der Waals surface area contributed by atoms with Crippen molar-refractivity contribution >= 4 is 0 Å². The Bertz CT molecular complexity index is 356. The molecule has 0 aromatic heterocycles. The number of nitrogens with zero attached hydrogens (tertiary/aromatic N) is 1. The van der Waals surface area contributed by atoms with Crippen LogP contribution in [0.1, 0.15) is 18.0 Å². The fraction of sp³-hybridized carbons (Fsp3) is 0.600. The van der Waals surface area contributed by atoms with Crippen molar-refractivity contribution in [2.24, 2.45) is 0 Å². The van der Waals surface area contributed by atoms with Crippen LogP contribution in [0.4, 0.5) is 0 Å². The molecule has 4 nitrogen and oxygen atoms in total. The summed E-state index contributed by atoms with van der Waals surface area (Å²) in [5, 5.41) is 3.48. The number of hydrogen-bond acceptors (Lipinski definition) is 4. The van der Waals surface area contributed by atoms with Gasteiger partial charge in [0.2, 0.25) is 0 Å². The van der Waals surface area contributed by atoms with Crippen LogP contribution in [0.5, 0.6) is 5.75 Å². The van der Waals surface area contributed by atoms with E-state index in [2.05, 4.69) is 36.4 Å². The van der Waals surface area contributed by atoms with E-state index >= 15 is 0 Å². The maximum atomic E-state index is 5.29. The molecule has 0 radical (unpaired) electrons. The predicted molar refractivity (Wildman–Crippen MR) is 78.8 cm³/mol. The van der Waals surface area contributed by atoms with Crippen molar-refractivity contribution in [1.29, 1.82) is 0 Å². The smallest absolute Gasteiger partial charge is 0.119 e. The lowest BCUT2D eigenvalue weighted by Gasteiger charge is -2.25. The van der Waals surface area contributed by atoms with Gasteiger partial charge in [0.05, 0.1) is 7.11 Å². The lowest BCUT2D eigenvalue weighted by atomic mass is 10.1. The zero-order valence-corrected chi connectivity index (χ0v) is 12.5. The topological polar surface area (TPSA) is 33.7 Å². The molecule has 0 amide bonds. The number of benzene rings is 1. The Morgan fingerprint density at radius 3 is 2.68 bits per heavy atom. The minimum Gasteiger partial charge on any atom is -0.497 e. The Balaban J connectivity index is 2.56. The van der Waals surface area contributed by atoms with Crippen molar-refractivity contribution in [3.8, 4) is 5.75 Å². The zero-order chi connectivity index (χ0) is 14.1. The highest BCUT2D eigenvalue weighted by atomic mass is 16.5. The second kappa shape index (κ2) is 8.91. The average Bonchev–Trinajstić information content (AvgIpc) is 2.42. The molecule has 19 heavy (non-hydrogen) atoms.